The van der Waals surface area contributed by atoms with Gasteiger partial charge in [-0.1, -0.05) is 0 Å². The van der Waals surface area contributed by atoms with Crippen LogP contribution >= 0.6 is 0 Å². The van der Waals surface area contributed by atoms with E-state index in [9.17, 15) is 4.79 Å². The summed E-state index contributed by atoms with van der Waals surface area (Å²) < 4.78 is 17.2. The van der Waals surface area contributed by atoms with Gasteiger partial charge in [0.25, 0.3) is 0 Å². The van der Waals surface area contributed by atoms with Crippen LogP contribution in [0.4, 0.5) is 0 Å². The largest absolute Gasteiger partial charge is 0.460 e. The third-order valence-corrected chi connectivity index (χ3v) is 5.08. The molecule has 21 heavy (non-hydrogen) atoms. The molecule has 1 aliphatic carbocycles. The molecule has 2 heterocycles. The van der Waals surface area contributed by atoms with E-state index in [1.807, 2.05) is 20.8 Å². The van der Waals surface area contributed by atoms with Gasteiger partial charge in [0, 0.05) is 25.9 Å². The van der Waals surface area contributed by atoms with Gasteiger partial charge in [-0.05, 0) is 39.0 Å². The van der Waals surface area contributed by atoms with Gasteiger partial charge in [0.2, 0.25) is 0 Å². The van der Waals surface area contributed by atoms with E-state index in [-0.39, 0.29) is 23.1 Å². The van der Waals surface area contributed by atoms with Crippen molar-refractivity contribution in [2.75, 3.05) is 26.3 Å². The zero-order chi connectivity index (χ0) is 15.1. The van der Waals surface area contributed by atoms with Crippen molar-refractivity contribution in [2.24, 2.45) is 11.3 Å². The summed E-state index contributed by atoms with van der Waals surface area (Å²) in [6.45, 7) is 8.79. The van der Waals surface area contributed by atoms with Crippen LogP contribution in [0, 0.1) is 11.3 Å². The van der Waals surface area contributed by atoms with Crippen molar-refractivity contribution < 1.29 is 19.0 Å². The van der Waals surface area contributed by atoms with Gasteiger partial charge in [0.1, 0.15) is 5.60 Å². The van der Waals surface area contributed by atoms with Crippen molar-refractivity contribution in [1.29, 1.82) is 0 Å². The lowest BCUT2D eigenvalue weighted by Crippen LogP contribution is -2.46. The number of hydrogen-bond donors (Lipinski definition) is 1. The van der Waals surface area contributed by atoms with Crippen LogP contribution in [0.3, 0.4) is 0 Å². The highest BCUT2D eigenvalue weighted by atomic mass is 16.7. The van der Waals surface area contributed by atoms with Gasteiger partial charge in [0.15, 0.2) is 5.79 Å². The predicted molar refractivity (Wildman–Crippen MR) is 77.7 cm³/mol. The maximum atomic E-state index is 12.5. The van der Waals surface area contributed by atoms with E-state index < -0.39 is 5.60 Å². The van der Waals surface area contributed by atoms with Crippen molar-refractivity contribution in [2.45, 2.75) is 57.8 Å². The molecule has 2 aliphatic heterocycles. The summed E-state index contributed by atoms with van der Waals surface area (Å²) in [6.07, 6.45) is 3.69. The summed E-state index contributed by atoms with van der Waals surface area (Å²) in [5, 5.41) is 3.40. The quantitative estimate of drug-likeness (QED) is 0.749. The average Bonchev–Trinajstić information content (AvgIpc) is 2.99. The smallest absolute Gasteiger partial charge is 0.311 e. The summed E-state index contributed by atoms with van der Waals surface area (Å²) in [7, 11) is 0. The van der Waals surface area contributed by atoms with Gasteiger partial charge in [0.05, 0.1) is 19.1 Å². The van der Waals surface area contributed by atoms with E-state index in [0.717, 1.165) is 38.8 Å². The van der Waals surface area contributed by atoms with Crippen LogP contribution in [0.2, 0.25) is 0 Å². The Morgan fingerprint density at radius 3 is 2.33 bits per heavy atom. The zero-order valence-corrected chi connectivity index (χ0v) is 13.4. The molecule has 1 atom stereocenters. The summed E-state index contributed by atoms with van der Waals surface area (Å²) >= 11 is 0. The van der Waals surface area contributed by atoms with E-state index in [4.69, 9.17) is 14.2 Å². The Balaban J connectivity index is 1.68. The standard InChI is InChI=1S/C16H27NO4/c1-14(2,3)21-13(18)12-10-17-11-15(12)4-6-16(7-5-15)19-8-9-20-16/h12,17H,4-11H2,1-3H3. The fraction of sp³-hybridized carbons (Fsp3) is 0.938. The molecule has 0 amide bonds. The summed E-state index contributed by atoms with van der Waals surface area (Å²) in [5.74, 6) is -0.473. The molecular weight excluding hydrogens is 270 g/mol. The van der Waals surface area contributed by atoms with E-state index in [1.165, 1.54) is 0 Å². The number of carbonyl (C=O) groups excluding carboxylic acids is 1. The molecule has 0 radical (unpaired) electrons. The molecule has 1 unspecified atom stereocenters. The normalized spacial score (nSPS) is 30.9. The highest BCUT2D eigenvalue weighted by molar-refractivity contribution is 5.74. The Bertz CT molecular complexity index is 399. The second kappa shape index (κ2) is 5.21. The minimum Gasteiger partial charge on any atom is -0.460 e. The number of carbonyl (C=O) groups is 1. The highest BCUT2D eigenvalue weighted by Gasteiger charge is 2.54. The van der Waals surface area contributed by atoms with Gasteiger partial charge in [-0.25, -0.2) is 0 Å². The second-order valence-electron chi connectivity index (χ2n) is 7.69. The maximum absolute atomic E-state index is 12.5. The lowest BCUT2D eigenvalue weighted by molar-refractivity contribution is -0.197. The van der Waals surface area contributed by atoms with Crippen LogP contribution in [0.1, 0.15) is 46.5 Å². The Morgan fingerprint density at radius 2 is 1.76 bits per heavy atom. The lowest BCUT2D eigenvalue weighted by Gasteiger charge is -2.43. The molecule has 1 saturated carbocycles. The van der Waals surface area contributed by atoms with Crippen LogP contribution in [0.5, 0.6) is 0 Å². The van der Waals surface area contributed by atoms with Crippen molar-refractivity contribution in [3.05, 3.63) is 0 Å². The number of hydrogen-bond acceptors (Lipinski definition) is 5. The van der Waals surface area contributed by atoms with Gasteiger partial charge >= 0.3 is 5.97 Å². The first kappa shape index (κ1) is 15.3. The van der Waals surface area contributed by atoms with Crippen LogP contribution in [-0.2, 0) is 19.0 Å². The fourth-order valence-electron chi connectivity index (χ4n) is 3.95. The molecule has 3 rings (SSSR count). The molecule has 3 fully saturated rings. The Labute approximate surface area is 126 Å². The van der Waals surface area contributed by atoms with Gasteiger partial charge in [-0.3, -0.25) is 4.79 Å². The SMILES string of the molecule is CC(C)(C)OC(=O)C1CNCC12CCC1(CC2)OCCO1. The molecule has 0 aromatic rings. The van der Waals surface area contributed by atoms with Crippen LogP contribution in [0.25, 0.3) is 0 Å². The molecule has 3 aliphatic rings. The van der Waals surface area contributed by atoms with Crippen molar-refractivity contribution in [3.8, 4) is 0 Å². The van der Waals surface area contributed by atoms with Crippen LogP contribution in [-0.4, -0.2) is 43.7 Å². The fourth-order valence-corrected chi connectivity index (χ4v) is 3.95. The van der Waals surface area contributed by atoms with Crippen molar-refractivity contribution in [1.82, 2.24) is 5.32 Å². The number of nitrogens with one attached hydrogen (secondary N) is 1. The minimum absolute atomic E-state index is 0.0168. The molecule has 2 spiro atoms. The number of rotatable bonds is 1. The van der Waals surface area contributed by atoms with Crippen LogP contribution < -0.4 is 5.32 Å². The summed E-state index contributed by atoms with van der Waals surface area (Å²) in [6, 6.07) is 0. The first-order valence-electron chi connectivity index (χ1n) is 8.06. The van der Waals surface area contributed by atoms with Crippen LogP contribution in [0.15, 0.2) is 0 Å². The monoisotopic (exact) mass is 297 g/mol. The van der Waals surface area contributed by atoms with Crippen molar-refractivity contribution in [3.63, 3.8) is 0 Å². The Hall–Kier alpha value is -0.650. The van der Waals surface area contributed by atoms with E-state index in [2.05, 4.69) is 5.32 Å². The molecule has 5 heteroatoms. The first-order valence-corrected chi connectivity index (χ1v) is 8.06. The van der Waals surface area contributed by atoms with Crippen molar-refractivity contribution >= 4 is 5.97 Å². The Kier molecular flexibility index (Phi) is 3.79. The van der Waals surface area contributed by atoms with Gasteiger partial charge in [-0.2, -0.15) is 0 Å². The maximum Gasteiger partial charge on any atom is 0.311 e. The molecular formula is C16H27NO4. The molecule has 1 N–H and O–H groups in total. The molecule has 0 aromatic heterocycles. The van der Waals surface area contributed by atoms with E-state index >= 15 is 0 Å². The minimum atomic E-state index is -0.422. The molecule has 0 bridgehead atoms. The number of esters is 1. The summed E-state index contributed by atoms with van der Waals surface area (Å²) in [5.41, 5.74) is -0.405. The van der Waals surface area contributed by atoms with Gasteiger partial charge < -0.3 is 19.5 Å². The highest BCUT2D eigenvalue weighted by Crippen LogP contribution is 2.50. The second-order valence-corrected chi connectivity index (χ2v) is 7.69. The third-order valence-electron chi connectivity index (χ3n) is 5.08. The molecule has 5 nitrogen and oxygen atoms in total. The average molecular weight is 297 g/mol. The predicted octanol–water partition coefficient (Wildman–Crippen LogP) is 1.85. The van der Waals surface area contributed by atoms with E-state index in [1.54, 1.807) is 0 Å². The lowest BCUT2D eigenvalue weighted by atomic mass is 9.66. The first-order chi connectivity index (χ1) is 9.84. The van der Waals surface area contributed by atoms with Gasteiger partial charge in [-0.15, -0.1) is 0 Å². The molecule has 0 aromatic carbocycles. The number of ether oxygens (including phenoxy) is 3. The molecule has 2 saturated heterocycles. The van der Waals surface area contributed by atoms with E-state index in [0.29, 0.717) is 13.2 Å². The molecule has 120 valence electrons. The third kappa shape index (κ3) is 2.96. The summed E-state index contributed by atoms with van der Waals surface area (Å²) in [4.78, 5) is 12.5. The topological polar surface area (TPSA) is 56.8 Å². The zero-order valence-electron chi connectivity index (χ0n) is 13.4. The Morgan fingerprint density at radius 1 is 1.14 bits per heavy atom.